The Bertz CT molecular complexity index is 1420. The molecule has 0 bridgehead atoms. The summed E-state index contributed by atoms with van der Waals surface area (Å²) >= 11 is 1.53. The third-order valence-electron chi connectivity index (χ3n) is 4.94. The van der Waals surface area contributed by atoms with E-state index in [1.807, 2.05) is 58.6 Å². The number of furan rings is 1. The standard InChI is InChI=1S/C25H20N4OS/c1-17-9-10-21(18(2)12-17)28-25-29(27-15-19-6-5-11-26-14-19)22(16-31-25)24-13-20-7-3-4-8-23(20)30-24/h3-16H,1-2H3. The minimum absolute atomic E-state index is 0.753. The van der Waals surface area contributed by atoms with E-state index in [1.165, 1.54) is 16.9 Å². The molecule has 0 spiro atoms. The maximum absolute atomic E-state index is 6.11. The molecule has 0 amide bonds. The van der Waals surface area contributed by atoms with E-state index in [-0.39, 0.29) is 0 Å². The van der Waals surface area contributed by atoms with E-state index in [4.69, 9.17) is 14.5 Å². The van der Waals surface area contributed by atoms with Crippen molar-refractivity contribution in [2.45, 2.75) is 13.8 Å². The molecule has 3 heterocycles. The molecular formula is C25H20N4OS. The fourth-order valence-electron chi connectivity index (χ4n) is 3.38. The van der Waals surface area contributed by atoms with Gasteiger partial charge in [0, 0.05) is 28.7 Å². The number of nitrogens with zero attached hydrogens (tertiary/aromatic N) is 4. The zero-order chi connectivity index (χ0) is 21.2. The quantitative estimate of drug-likeness (QED) is 0.328. The third kappa shape index (κ3) is 3.98. The van der Waals surface area contributed by atoms with Gasteiger partial charge in [-0.15, -0.1) is 11.3 Å². The monoisotopic (exact) mass is 424 g/mol. The van der Waals surface area contributed by atoms with Gasteiger partial charge in [0.15, 0.2) is 5.76 Å². The highest BCUT2D eigenvalue weighted by molar-refractivity contribution is 7.07. The lowest BCUT2D eigenvalue weighted by Crippen LogP contribution is -2.11. The first-order valence-electron chi connectivity index (χ1n) is 9.93. The molecule has 2 aromatic carbocycles. The first-order valence-corrected chi connectivity index (χ1v) is 10.8. The Kier molecular flexibility index (Phi) is 5.06. The Morgan fingerprint density at radius 3 is 2.74 bits per heavy atom. The predicted octanol–water partition coefficient (Wildman–Crippen LogP) is 6.09. The van der Waals surface area contributed by atoms with Crippen molar-refractivity contribution in [1.29, 1.82) is 0 Å². The number of pyridine rings is 1. The maximum Gasteiger partial charge on any atom is 0.211 e. The van der Waals surface area contributed by atoms with Gasteiger partial charge >= 0.3 is 0 Å². The number of hydrogen-bond acceptors (Lipinski definition) is 5. The van der Waals surface area contributed by atoms with Gasteiger partial charge in [0.05, 0.1) is 11.9 Å². The molecule has 0 unspecified atom stereocenters. The van der Waals surface area contributed by atoms with Crippen LogP contribution in [0.3, 0.4) is 0 Å². The molecule has 0 saturated carbocycles. The molecule has 152 valence electrons. The molecule has 31 heavy (non-hydrogen) atoms. The van der Waals surface area contributed by atoms with Crippen LogP contribution in [0.2, 0.25) is 0 Å². The molecule has 3 aromatic heterocycles. The molecule has 0 N–H and O–H groups in total. The molecule has 0 radical (unpaired) electrons. The van der Waals surface area contributed by atoms with Gasteiger partial charge in [-0.25, -0.2) is 9.67 Å². The average Bonchev–Trinajstić information content (AvgIpc) is 3.38. The summed E-state index contributed by atoms with van der Waals surface area (Å²) in [4.78, 5) is 9.83. The molecule has 5 rings (SSSR count). The van der Waals surface area contributed by atoms with Crippen LogP contribution in [0.15, 0.2) is 92.9 Å². The van der Waals surface area contributed by atoms with Gasteiger partial charge in [-0.3, -0.25) is 4.98 Å². The second-order valence-electron chi connectivity index (χ2n) is 7.30. The average molecular weight is 425 g/mol. The second kappa shape index (κ2) is 8.16. The van der Waals surface area contributed by atoms with Crippen LogP contribution in [-0.2, 0) is 0 Å². The first-order chi connectivity index (χ1) is 15.2. The summed E-state index contributed by atoms with van der Waals surface area (Å²) in [7, 11) is 0. The van der Waals surface area contributed by atoms with Crippen molar-refractivity contribution in [3.05, 3.63) is 99.9 Å². The highest BCUT2D eigenvalue weighted by Crippen LogP contribution is 2.28. The minimum atomic E-state index is 0.753. The number of aryl methyl sites for hydroxylation is 2. The summed E-state index contributed by atoms with van der Waals surface area (Å²) in [6.45, 7) is 4.16. The van der Waals surface area contributed by atoms with E-state index in [9.17, 15) is 0 Å². The highest BCUT2D eigenvalue weighted by Gasteiger charge is 2.13. The van der Waals surface area contributed by atoms with Crippen LogP contribution in [0, 0.1) is 13.8 Å². The van der Waals surface area contributed by atoms with Gasteiger partial charge < -0.3 is 4.42 Å². The smallest absolute Gasteiger partial charge is 0.211 e. The van der Waals surface area contributed by atoms with Crippen LogP contribution >= 0.6 is 11.3 Å². The van der Waals surface area contributed by atoms with Crippen molar-refractivity contribution in [3.8, 4) is 11.5 Å². The van der Waals surface area contributed by atoms with E-state index in [2.05, 4.69) is 31.0 Å². The summed E-state index contributed by atoms with van der Waals surface area (Å²) in [5.74, 6) is 0.753. The second-order valence-corrected chi connectivity index (χ2v) is 8.13. The van der Waals surface area contributed by atoms with Crippen molar-refractivity contribution >= 4 is 34.2 Å². The van der Waals surface area contributed by atoms with Crippen LogP contribution in [0.4, 0.5) is 5.69 Å². The van der Waals surface area contributed by atoms with E-state index in [0.29, 0.717) is 0 Å². The Morgan fingerprint density at radius 2 is 1.94 bits per heavy atom. The fourth-order valence-corrected chi connectivity index (χ4v) is 4.21. The molecular weight excluding hydrogens is 404 g/mol. The van der Waals surface area contributed by atoms with Crippen LogP contribution in [0.1, 0.15) is 16.7 Å². The fraction of sp³-hybridized carbons (Fsp3) is 0.0800. The van der Waals surface area contributed by atoms with Crippen molar-refractivity contribution in [3.63, 3.8) is 0 Å². The SMILES string of the molecule is Cc1ccc(N=c2scc(-c3cc4ccccc4o3)n2N=Cc2cccnc2)c(C)c1. The van der Waals surface area contributed by atoms with Crippen LogP contribution in [-0.4, -0.2) is 15.9 Å². The molecule has 6 heteroatoms. The van der Waals surface area contributed by atoms with Crippen molar-refractivity contribution < 1.29 is 4.42 Å². The number of rotatable bonds is 4. The van der Waals surface area contributed by atoms with E-state index in [1.54, 1.807) is 18.6 Å². The Hall–Kier alpha value is -3.77. The van der Waals surface area contributed by atoms with Crippen molar-refractivity contribution in [2.24, 2.45) is 10.1 Å². The molecule has 0 saturated heterocycles. The lowest BCUT2D eigenvalue weighted by molar-refractivity contribution is 0.622. The predicted molar refractivity (Wildman–Crippen MR) is 126 cm³/mol. The molecule has 5 aromatic rings. The van der Waals surface area contributed by atoms with Crippen LogP contribution in [0.25, 0.3) is 22.4 Å². The number of para-hydroxylation sites is 1. The van der Waals surface area contributed by atoms with E-state index < -0.39 is 0 Å². The molecule has 5 nitrogen and oxygen atoms in total. The maximum atomic E-state index is 6.11. The topological polar surface area (TPSA) is 55.7 Å². The summed E-state index contributed by atoms with van der Waals surface area (Å²) in [6, 6.07) is 20.1. The van der Waals surface area contributed by atoms with E-state index in [0.717, 1.165) is 44.0 Å². The van der Waals surface area contributed by atoms with Gasteiger partial charge in [0.25, 0.3) is 0 Å². The molecule has 0 aliphatic heterocycles. The third-order valence-corrected chi connectivity index (χ3v) is 5.75. The van der Waals surface area contributed by atoms with Crippen LogP contribution < -0.4 is 4.80 Å². The van der Waals surface area contributed by atoms with Crippen molar-refractivity contribution in [2.75, 3.05) is 0 Å². The normalized spacial score (nSPS) is 12.3. The van der Waals surface area contributed by atoms with E-state index >= 15 is 0 Å². The number of fused-ring (bicyclic) bond motifs is 1. The zero-order valence-electron chi connectivity index (χ0n) is 17.2. The van der Waals surface area contributed by atoms with Gasteiger partial charge in [-0.1, -0.05) is 42.0 Å². The Morgan fingerprint density at radius 1 is 1.03 bits per heavy atom. The summed E-state index contributed by atoms with van der Waals surface area (Å²) in [5.41, 5.74) is 5.88. The Labute approximate surface area is 183 Å². The largest absolute Gasteiger partial charge is 0.454 e. The number of hydrogen-bond donors (Lipinski definition) is 0. The van der Waals surface area contributed by atoms with Crippen molar-refractivity contribution in [1.82, 2.24) is 9.66 Å². The van der Waals surface area contributed by atoms with Gasteiger partial charge in [-0.2, -0.15) is 5.10 Å². The highest BCUT2D eigenvalue weighted by atomic mass is 32.1. The number of benzene rings is 2. The first kappa shape index (κ1) is 19.2. The lowest BCUT2D eigenvalue weighted by Gasteiger charge is -2.03. The number of thiazole rings is 1. The van der Waals surface area contributed by atoms with Gasteiger partial charge in [0.1, 0.15) is 11.3 Å². The molecule has 0 atom stereocenters. The van der Waals surface area contributed by atoms with Crippen LogP contribution in [0.5, 0.6) is 0 Å². The minimum Gasteiger partial charge on any atom is -0.454 e. The summed E-state index contributed by atoms with van der Waals surface area (Å²) in [6.07, 6.45) is 5.31. The lowest BCUT2D eigenvalue weighted by atomic mass is 10.1. The molecule has 0 fully saturated rings. The zero-order valence-corrected chi connectivity index (χ0v) is 18.0. The van der Waals surface area contributed by atoms with Gasteiger partial charge in [0.2, 0.25) is 4.80 Å². The van der Waals surface area contributed by atoms with Gasteiger partial charge in [-0.05, 0) is 43.7 Å². The summed E-state index contributed by atoms with van der Waals surface area (Å²) < 4.78 is 7.94. The molecule has 0 aliphatic rings. The summed E-state index contributed by atoms with van der Waals surface area (Å²) in [5, 5.41) is 7.82. The Balaban J connectivity index is 1.68. The number of aromatic nitrogens is 2. The molecule has 0 aliphatic carbocycles.